The molecule has 20 heavy (non-hydrogen) atoms. The SMILES string of the molecule is COc1ccc(C(N)=S)cc1OCc1ccccc1F. The van der Waals surface area contributed by atoms with Crippen molar-refractivity contribution in [2.75, 3.05) is 7.11 Å². The average Bonchev–Trinajstić information content (AvgIpc) is 2.46. The smallest absolute Gasteiger partial charge is 0.162 e. The third kappa shape index (κ3) is 3.24. The normalized spacial score (nSPS) is 10.1. The first-order chi connectivity index (χ1) is 9.61. The average molecular weight is 291 g/mol. The highest BCUT2D eigenvalue weighted by molar-refractivity contribution is 7.80. The fraction of sp³-hybridized carbons (Fsp3) is 0.133. The highest BCUT2D eigenvalue weighted by Gasteiger charge is 2.09. The van der Waals surface area contributed by atoms with Crippen LogP contribution in [0.3, 0.4) is 0 Å². The number of ether oxygens (including phenoxy) is 2. The van der Waals surface area contributed by atoms with Crippen LogP contribution >= 0.6 is 12.2 Å². The Morgan fingerprint density at radius 3 is 2.60 bits per heavy atom. The molecule has 0 saturated heterocycles. The Hall–Kier alpha value is -2.14. The monoisotopic (exact) mass is 291 g/mol. The van der Waals surface area contributed by atoms with Crippen molar-refractivity contribution in [3.63, 3.8) is 0 Å². The summed E-state index contributed by atoms with van der Waals surface area (Å²) in [6.45, 7) is 0.101. The van der Waals surface area contributed by atoms with Crippen LogP contribution < -0.4 is 15.2 Å². The lowest BCUT2D eigenvalue weighted by Gasteiger charge is -2.12. The summed E-state index contributed by atoms with van der Waals surface area (Å²) < 4.78 is 24.3. The molecular formula is C15H14FNO2S. The molecule has 0 atom stereocenters. The van der Waals surface area contributed by atoms with Crippen molar-refractivity contribution in [2.24, 2.45) is 5.73 Å². The van der Waals surface area contributed by atoms with Gasteiger partial charge in [-0.3, -0.25) is 0 Å². The molecule has 104 valence electrons. The van der Waals surface area contributed by atoms with Crippen LogP contribution in [0, 0.1) is 5.82 Å². The highest BCUT2D eigenvalue weighted by Crippen LogP contribution is 2.29. The van der Waals surface area contributed by atoms with Gasteiger partial charge in [-0.15, -0.1) is 0 Å². The molecule has 0 saturated carbocycles. The molecule has 0 aliphatic carbocycles. The number of methoxy groups -OCH3 is 1. The molecule has 0 radical (unpaired) electrons. The molecule has 0 aliphatic heterocycles. The first-order valence-electron chi connectivity index (χ1n) is 5.96. The minimum Gasteiger partial charge on any atom is -0.493 e. The van der Waals surface area contributed by atoms with E-state index in [4.69, 9.17) is 27.4 Å². The molecule has 0 aromatic heterocycles. The predicted molar refractivity (Wildman–Crippen MR) is 79.6 cm³/mol. The number of halogens is 1. The van der Waals surface area contributed by atoms with E-state index < -0.39 is 0 Å². The summed E-state index contributed by atoms with van der Waals surface area (Å²) in [7, 11) is 1.53. The van der Waals surface area contributed by atoms with E-state index >= 15 is 0 Å². The topological polar surface area (TPSA) is 44.5 Å². The largest absolute Gasteiger partial charge is 0.493 e. The Morgan fingerprint density at radius 1 is 1.20 bits per heavy atom. The second-order valence-electron chi connectivity index (χ2n) is 4.11. The summed E-state index contributed by atoms with van der Waals surface area (Å²) >= 11 is 4.92. The number of hydrogen-bond donors (Lipinski definition) is 1. The lowest BCUT2D eigenvalue weighted by Crippen LogP contribution is -2.10. The summed E-state index contributed by atoms with van der Waals surface area (Å²) in [5.41, 5.74) is 6.72. The molecule has 0 bridgehead atoms. The van der Waals surface area contributed by atoms with Crippen molar-refractivity contribution in [1.29, 1.82) is 0 Å². The fourth-order valence-corrected chi connectivity index (χ4v) is 1.84. The van der Waals surface area contributed by atoms with Gasteiger partial charge in [0.1, 0.15) is 17.4 Å². The van der Waals surface area contributed by atoms with Gasteiger partial charge in [-0.1, -0.05) is 30.4 Å². The summed E-state index contributed by atoms with van der Waals surface area (Å²) in [6.07, 6.45) is 0. The zero-order valence-corrected chi connectivity index (χ0v) is 11.7. The molecule has 0 amide bonds. The Morgan fingerprint density at radius 2 is 1.95 bits per heavy atom. The zero-order chi connectivity index (χ0) is 14.5. The minimum atomic E-state index is -0.308. The van der Waals surface area contributed by atoms with Crippen molar-refractivity contribution in [3.8, 4) is 11.5 Å². The maximum absolute atomic E-state index is 13.5. The van der Waals surface area contributed by atoms with Gasteiger partial charge < -0.3 is 15.2 Å². The van der Waals surface area contributed by atoms with Gasteiger partial charge in [-0.25, -0.2) is 4.39 Å². The van der Waals surface area contributed by atoms with Crippen molar-refractivity contribution < 1.29 is 13.9 Å². The Bertz CT molecular complexity index is 631. The lowest BCUT2D eigenvalue weighted by molar-refractivity contribution is 0.279. The standard InChI is InChI=1S/C15H14FNO2S/c1-18-13-7-6-10(15(17)20)8-14(13)19-9-11-4-2-3-5-12(11)16/h2-8H,9H2,1H3,(H2,17,20). The van der Waals surface area contributed by atoms with Gasteiger partial charge in [-0.2, -0.15) is 0 Å². The third-order valence-electron chi connectivity index (χ3n) is 2.79. The summed E-state index contributed by atoms with van der Waals surface area (Å²) in [6, 6.07) is 11.6. The van der Waals surface area contributed by atoms with Gasteiger partial charge >= 0.3 is 0 Å². The van der Waals surface area contributed by atoms with Crippen molar-refractivity contribution in [3.05, 3.63) is 59.4 Å². The minimum absolute atomic E-state index is 0.101. The van der Waals surface area contributed by atoms with Crippen molar-refractivity contribution in [1.82, 2.24) is 0 Å². The Balaban J connectivity index is 2.22. The van der Waals surface area contributed by atoms with Crippen LogP contribution in [0.1, 0.15) is 11.1 Å². The number of rotatable bonds is 5. The van der Waals surface area contributed by atoms with Gasteiger partial charge in [-0.05, 0) is 24.3 Å². The Labute approximate surface area is 122 Å². The molecule has 5 heteroatoms. The maximum Gasteiger partial charge on any atom is 0.162 e. The van der Waals surface area contributed by atoms with Gasteiger partial charge in [0.25, 0.3) is 0 Å². The quantitative estimate of drug-likeness (QED) is 0.860. The van der Waals surface area contributed by atoms with E-state index in [1.54, 1.807) is 36.4 Å². The number of nitrogens with two attached hydrogens (primary N) is 1. The van der Waals surface area contributed by atoms with Crippen molar-refractivity contribution in [2.45, 2.75) is 6.61 Å². The van der Waals surface area contributed by atoms with Crippen LogP contribution in [0.4, 0.5) is 4.39 Å². The van der Waals surface area contributed by atoms with E-state index in [9.17, 15) is 4.39 Å². The van der Waals surface area contributed by atoms with E-state index in [0.717, 1.165) is 0 Å². The van der Waals surface area contributed by atoms with Crippen LogP contribution in [0.5, 0.6) is 11.5 Å². The Kier molecular flexibility index (Phi) is 4.53. The first-order valence-corrected chi connectivity index (χ1v) is 6.36. The second-order valence-corrected chi connectivity index (χ2v) is 4.55. The van der Waals surface area contributed by atoms with E-state index in [1.165, 1.54) is 13.2 Å². The van der Waals surface area contributed by atoms with Gasteiger partial charge in [0, 0.05) is 11.1 Å². The van der Waals surface area contributed by atoms with Crippen LogP contribution in [0.2, 0.25) is 0 Å². The number of thiocarbonyl (C=S) groups is 1. The van der Waals surface area contributed by atoms with Crippen LogP contribution in [-0.4, -0.2) is 12.1 Å². The number of hydrogen-bond acceptors (Lipinski definition) is 3. The van der Waals surface area contributed by atoms with E-state index in [1.807, 2.05) is 0 Å². The maximum atomic E-state index is 13.5. The van der Waals surface area contributed by atoms with Crippen LogP contribution in [0.15, 0.2) is 42.5 Å². The van der Waals surface area contributed by atoms with Crippen molar-refractivity contribution >= 4 is 17.2 Å². The summed E-state index contributed by atoms with van der Waals surface area (Å²) in [5, 5.41) is 0. The lowest BCUT2D eigenvalue weighted by atomic mass is 10.2. The zero-order valence-electron chi connectivity index (χ0n) is 10.9. The number of benzene rings is 2. The molecule has 0 spiro atoms. The molecule has 3 nitrogen and oxygen atoms in total. The molecule has 2 N–H and O–H groups in total. The summed E-state index contributed by atoms with van der Waals surface area (Å²) in [4.78, 5) is 0.267. The fourth-order valence-electron chi connectivity index (χ4n) is 1.71. The first kappa shape index (κ1) is 14.3. The molecular weight excluding hydrogens is 277 g/mol. The molecule has 2 aromatic rings. The molecule has 0 heterocycles. The molecule has 0 fully saturated rings. The predicted octanol–water partition coefficient (Wildman–Crippen LogP) is 3.05. The van der Waals surface area contributed by atoms with Crippen LogP contribution in [-0.2, 0) is 6.61 Å². The summed E-state index contributed by atoms with van der Waals surface area (Å²) in [5.74, 6) is 0.708. The van der Waals surface area contributed by atoms with E-state index in [0.29, 0.717) is 22.6 Å². The highest BCUT2D eigenvalue weighted by atomic mass is 32.1. The second kappa shape index (κ2) is 6.34. The van der Waals surface area contributed by atoms with Gasteiger partial charge in [0.05, 0.1) is 7.11 Å². The van der Waals surface area contributed by atoms with Gasteiger partial charge in [0.2, 0.25) is 0 Å². The molecule has 0 aliphatic rings. The molecule has 2 rings (SSSR count). The van der Waals surface area contributed by atoms with E-state index in [2.05, 4.69) is 0 Å². The third-order valence-corrected chi connectivity index (χ3v) is 3.02. The van der Waals surface area contributed by atoms with E-state index in [-0.39, 0.29) is 17.4 Å². The molecule has 0 unspecified atom stereocenters. The van der Waals surface area contributed by atoms with Crippen LogP contribution in [0.25, 0.3) is 0 Å². The molecule has 2 aromatic carbocycles. The van der Waals surface area contributed by atoms with Gasteiger partial charge in [0.15, 0.2) is 11.5 Å².